The van der Waals surface area contributed by atoms with Crippen LogP contribution in [0, 0.1) is 27.7 Å². The second-order valence-electron chi connectivity index (χ2n) is 7.75. The zero-order chi connectivity index (χ0) is 18.8. The fourth-order valence-corrected chi connectivity index (χ4v) is 3.88. The zero-order valence-electron chi connectivity index (χ0n) is 17.4. The molecule has 0 spiro atoms. The van der Waals surface area contributed by atoms with Crippen LogP contribution in [0.5, 0.6) is 0 Å². The Bertz CT molecular complexity index is 576. The summed E-state index contributed by atoms with van der Waals surface area (Å²) >= 11 is 0. The predicted molar refractivity (Wildman–Crippen MR) is 109 cm³/mol. The minimum absolute atomic E-state index is 1.17. The number of unbranched alkanes of at least 4 members (excludes halogenated alkanes) is 7. The van der Waals surface area contributed by atoms with Crippen LogP contribution in [-0.2, 0) is 13.1 Å². The summed E-state index contributed by atoms with van der Waals surface area (Å²) in [7, 11) is 0. The molecular weight excluding hydrogens is 316 g/mol. The standard InChI is InChI=1S/C24H38N2/c1-21-15-13-16-22(2)25(21)19-11-9-7-5-6-8-10-12-20-26-23(3)17-14-18-24(26)4/h13-18H,5-12,19-20H2,1-4H3/q+2. The van der Waals surface area contributed by atoms with Crippen molar-refractivity contribution >= 4 is 0 Å². The second-order valence-corrected chi connectivity index (χ2v) is 7.75. The average Bonchev–Trinajstić information content (AvgIpc) is 2.61. The highest BCUT2D eigenvalue weighted by atomic mass is 15.0. The van der Waals surface area contributed by atoms with Gasteiger partial charge in [-0.3, -0.25) is 0 Å². The third kappa shape index (κ3) is 6.55. The van der Waals surface area contributed by atoms with Gasteiger partial charge in [0.2, 0.25) is 0 Å². The average molecular weight is 355 g/mol. The summed E-state index contributed by atoms with van der Waals surface area (Å²) in [5.41, 5.74) is 5.53. The highest BCUT2D eigenvalue weighted by molar-refractivity contribution is 5.01. The largest absolute Gasteiger partial charge is 0.200 e. The molecule has 26 heavy (non-hydrogen) atoms. The number of rotatable bonds is 11. The molecule has 0 saturated heterocycles. The summed E-state index contributed by atoms with van der Waals surface area (Å²) in [6.45, 7) is 11.2. The summed E-state index contributed by atoms with van der Waals surface area (Å²) in [6, 6.07) is 13.2. The molecule has 0 fully saturated rings. The smallest absolute Gasteiger partial charge is 0.178 e. The van der Waals surface area contributed by atoms with E-state index < -0.39 is 0 Å². The van der Waals surface area contributed by atoms with Crippen LogP contribution < -0.4 is 9.13 Å². The van der Waals surface area contributed by atoms with E-state index in [2.05, 4.69) is 73.2 Å². The SMILES string of the molecule is Cc1cccc(C)[n+]1CCCCCCCCCC[n+]1c(C)cccc1C. The monoisotopic (exact) mass is 354 g/mol. The maximum absolute atomic E-state index is 2.45. The summed E-state index contributed by atoms with van der Waals surface area (Å²) in [5, 5.41) is 0. The lowest BCUT2D eigenvalue weighted by Crippen LogP contribution is -2.40. The normalized spacial score (nSPS) is 11.1. The Morgan fingerprint density at radius 2 is 0.731 bits per heavy atom. The van der Waals surface area contributed by atoms with Crippen molar-refractivity contribution in [2.24, 2.45) is 0 Å². The Morgan fingerprint density at radius 1 is 0.462 bits per heavy atom. The fraction of sp³-hybridized carbons (Fsp3) is 0.583. The number of nitrogens with zero attached hydrogens (tertiary/aromatic N) is 2. The van der Waals surface area contributed by atoms with Crippen LogP contribution in [0.25, 0.3) is 0 Å². The summed E-state index contributed by atoms with van der Waals surface area (Å²) in [4.78, 5) is 0. The van der Waals surface area contributed by atoms with Crippen molar-refractivity contribution < 1.29 is 9.13 Å². The van der Waals surface area contributed by atoms with Crippen molar-refractivity contribution in [3.05, 3.63) is 59.2 Å². The molecule has 2 aromatic heterocycles. The molecule has 142 valence electrons. The van der Waals surface area contributed by atoms with Crippen molar-refractivity contribution in [1.82, 2.24) is 0 Å². The van der Waals surface area contributed by atoms with Gasteiger partial charge in [-0.15, -0.1) is 0 Å². The van der Waals surface area contributed by atoms with Gasteiger partial charge in [-0.05, 0) is 25.0 Å². The summed E-state index contributed by atoms with van der Waals surface area (Å²) in [6.07, 6.45) is 10.9. The van der Waals surface area contributed by atoms with Gasteiger partial charge in [0.15, 0.2) is 22.8 Å². The van der Waals surface area contributed by atoms with Crippen LogP contribution in [0.4, 0.5) is 0 Å². The number of aromatic nitrogens is 2. The Kier molecular flexibility index (Phi) is 8.80. The van der Waals surface area contributed by atoms with E-state index in [1.807, 2.05) is 0 Å². The number of hydrogen-bond donors (Lipinski definition) is 0. The highest BCUT2D eigenvalue weighted by Gasteiger charge is 2.09. The van der Waals surface area contributed by atoms with Crippen LogP contribution in [0.3, 0.4) is 0 Å². The zero-order valence-corrected chi connectivity index (χ0v) is 17.4. The predicted octanol–water partition coefficient (Wildman–Crippen LogP) is 5.32. The molecule has 2 rings (SSSR count). The molecule has 0 atom stereocenters. The number of pyridine rings is 2. The van der Waals surface area contributed by atoms with Crippen molar-refractivity contribution in [1.29, 1.82) is 0 Å². The quantitative estimate of drug-likeness (QED) is 0.381. The molecule has 0 aliphatic carbocycles. The Hall–Kier alpha value is -1.70. The topological polar surface area (TPSA) is 7.76 Å². The van der Waals surface area contributed by atoms with E-state index >= 15 is 0 Å². The number of aryl methyl sites for hydroxylation is 4. The van der Waals surface area contributed by atoms with Crippen LogP contribution in [0.15, 0.2) is 36.4 Å². The van der Waals surface area contributed by atoms with E-state index in [9.17, 15) is 0 Å². The number of hydrogen-bond acceptors (Lipinski definition) is 0. The second kappa shape index (κ2) is 11.1. The van der Waals surface area contributed by atoms with E-state index in [1.54, 1.807) is 0 Å². The van der Waals surface area contributed by atoms with Crippen LogP contribution >= 0.6 is 0 Å². The van der Waals surface area contributed by atoms with E-state index in [4.69, 9.17) is 0 Å². The highest BCUT2D eigenvalue weighted by Crippen LogP contribution is 2.09. The minimum Gasteiger partial charge on any atom is -0.200 e. The molecule has 2 heteroatoms. The molecule has 0 radical (unpaired) electrons. The lowest BCUT2D eigenvalue weighted by atomic mass is 10.1. The van der Waals surface area contributed by atoms with Crippen molar-refractivity contribution in [3.8, 4) is 0 Å². The van der Waals surface area contributed by atoms with Gasteiger partial charge in [0.25, 0.3) is 0 Å². The minimum atomic E-state index is 1.17. The third-order valence-electron chi connectivity index (χ3n) is 5.57. The maximum atomic E-state index is 2.45. The van der Waals surface area contributed by atoms with E-state index in [0.29, 0.717) is 0 Å². The Balaban J connectivity index is 1.50. The van der Waals surface area contributed by atoms with Gasteiger partial charge < -0.3 is 0 Å². The molecule has 0 aliphatic heterocycles. The molecule has 2 heterocycles. The van der Waals surface area contributed by atoms with E-state index in [0.717, 1.165) is 0 Å². The van der Waals surface area contributed by atoms with Gasteiger partial charge in [0, 0.05) is 64.8 Å². The summed E-state index contributed by atoms with van der Waals surface area (Å²) < 4.78 is 4.90. The first-order chi connectivity index (χ1) is 12.6. The molecular formula is C24H38N2+2. The van der Waals surface area contributed by atoms with E-state index in [1.165, 1.54) is 87.2 Å². The molecule has 0 unspecified atom stereocenters. The van der Waals surface area contributed by atoms with Gasteiger partial charge in [-0.1, -0.05) is 25.7 Å². The molecule has 2 nitrogen and oxygen atoms in total. The van der Waals surface area contributed by atoms with Crippen molar-refractivity contribution in [3.63, 3.8) is 0 Å². The fourth-order valence-electron chi connectivity index (χ4n) is 3.88. The van der Waals surface area contributed by atoms with Gasteiger partial charge in [-0.25, -0.2) is 9.13 Å². The lowest BCUT2D eigenvalue weighted by molar-refractivity contribution is -0.709. The molecule has 2 aromatic rings. The van der Waals surface area contributed by atoms with Crippen molar-refractivity contribution in [2.45, 2.75) is 92.2 Å². The third-order valence-corrected chi connectivity index (χ3v) is 5.57. The van der Waals surface area contributed by atoms with Gasteiger partial charge in [0.1, 0.15) is 13.1 Å². The van der Waals surface area contributed by atoms with Crippen LogP contribution in [-0.4, -0.2) is 0 Å². The van der Waals surface area contributed by atoms with E-state index in [-0.39, 0.29) is 0 Å². The molecule has 0 bridgehead atoms. The van der Waals surface area contributed by atoms with Crippen LogP contribution in [0.1, 0.15) is 74.1 Å². The maximum Gasteiger partial charge on any atom is 0.178 e. The molecule has 0 saturated carbocycles. The molecule has 0 N–H and O–H groups in total. The molecule has 0 aromatic carbocycles. The first-order valence-electron chi connectivity index (χ1n) is 10.5. The first-order valence-corrected chi connectivity index (χ1v) is 10.5. The molecule has 0 amide bonds. The first kappa shape index (κ1) is 20.6. The van der Waals surface area contributed by atoms with Gasteiger partial charge in [-0.2, -0.15) is 0 Å². The Morgan fingerprint density at radius 3 is 1.04 bits per heavy atom. The Labute approximate surface area is 160 Å². The van der Waals surface area contributed by atoms with Crippen LogP contribution in [0.2, 0.25) is 0 Å². The lowest BCUT2D eigenvalue weighted by Gasteiger charge is -2.05. The van der Waals surface area contributed by atoms with Gasteiger partial charge >= 0.3 is 0 Å². The molecule has 0 aliphatic rings. The van der Waals surface area contributed by atoms with Gasteiger partial charge in [0.05, 0.1) is 0 Å². The summed E-state index contributed by atoms with van der Waals surface area (Å²) in [5.74, 6) is 0. The van der Waals surface area contributed by atoms with Crippen molar-refractivity contribution in [2.75, 3.05) is 0 Å².